The molecule has 12 heavy (non-hydrogen) atoms. The summed E-state index contributed by atoms with van der Waals surface area (Å²) in [7, 11) is 0. The molecule has 0 bridgehead atoms. The molecule has 0 radical (unpaired) electrons. The first-order chi connectivity index (χ1) is 5.83. The molecule has 1 aliphatic heterocycles. The number of ether oxygens (including phenoxy) is 2. The maximum absolute atomic E-state index is 10.8. The van der Waals surface area contributed by atoms with E-state index in [1.165, 1.54) is 6.08 Å². The largest absolute Gasteiger partial charge is 0.450 e. The smallest absolute Gasteiger partial charge is 0.391 e. The van der Waals surface area contributed by atoms with E-state index in [1.807, 2.05) is 0 Å². The van der Waals surface area contributed by atoms with Gasteiger partial charge in [0.1, 0.15) is 0 Å². The maximum atomic E-state index is 10.8. The Bertz CT molecular complexity index is 220. The van der Waals surface area contributed by atoms with Gasteiger partial charge in [-0.3, -0.25) is 0 Å². The lowest BCUT2D eigenvalue weighted by molar-refractivity contribution is -0.131. The minimum atomic E-state index is -0.446. The van der Waals surface area contributed by atoms with Crippen LogP contribution in [0.3, 0.4) is 0 Å². The Hall–Kier alpha value is -1.32. The zero-order valence-electron chi connectivity index (χ0n) is 6.95. The van der Waals surface area contributed by atoms with E-state index >= 15 is 0 Å². The highest BCUT2D eigenvalue weighted by molar-refractivity contribution is 5.91. The van der Waals surface area contributed by atoms with E-state index in [0.29, 0.717) is 13.2 Å². The van der Waals surface area contributed by atoms with E-state index < -0.39 is 5.97 Å². The van der Waals surface area contributed by atoms with Gasteiger partial charge < -0.3 is 9.47 Å². The third kappa shape index (κ3) is 2.74. The topological polar surface area (TPSA) is 47.9 Å². The number of hydrogen-bond acceptors (Lipinski definition) is 4. The molecule has 0 fully saturated rings. The summed E-state index contributed by atoms with van der Waals surface area (Å²) >= 11 is 0. The van der Waals surface area contributed by atoms with Crippen LogP contribution >= 0.6 is 0 Å². The second kappa shape index (κ2) is 4.54. The second-order valence-electron chi connectivity index (χ2n) is 2.27. The lowest BCUT2D eigenvalue weighted by Crippen LogP contribution is -2.19. The van der Waals surface area contributed by atoms with Gasteiger partial charge in [-0.1, -0.05) is 6.08 Å². The monoisotopic (exact) mass is 169 g/mol. The molecule has 66 valence electrons. The normalized spacial score (nSPS) is 16.9. The molecule has 0 unspecified atom stereocenters. The SMILES string of the molecule is C/C=C/C(=O)OC1=NCCCO1. The fourth-order valence-corrected chi connectivity index (χ4v) is 0.758. The van der Waals surface area contributed by atoms with Crippen molar-refractivity contribution in [2.24, 2.45) is 4.99 Å². The molecule has 4 nitrogen and oxygen atoms in total. The van der Waals surface area contributed by atoms with Crippen molar-refractivity contribution in [1.82, 2.24) is 0 Å². The van der Waals surface area contributed by atoms with Crippen LogP contribution in [0.5, 0.6) is 0 Å². The molecule has 4 heteroatoms. The molecule has 1 rings (SSSR count). The molecular formula is C8H11NO3. The molecule has 0 atom stereocenters. The third-order valence-electron chi connectivity index (χ3n) is 1.26. The number of esters is 1. The molecule has 0 N–H and O–H groups in total. The summed E-state index contributed by atoms with van der Waals surface area (Å²) in [6, 6.07) is 0. The Balaban J connectivity index is 2.39. The molecular weight excluding hydrogens is 158 g/mol. The van der Waals surface area contributed by atoms with E-state index in [9.17, 15) is 4.79 Å². The second-order valence-corrected chi connectivity index (χ2v) is 2.27. The van der Waals surface area contributed by atoms with Crippen LogP contribution in [0.15, 0.2) is 17.1 Å². The highest BCUT2D eigenvalue weighted by Crippen LogP contribution is 1.98. The van der Waals surface area contributed by atoms with Gasteiger partial charge >= 0.3 is 12.1 Å². The summed E-state index contributed by atoms with van der Waals surface area (Å²) in [5.41, 5.74) is 0. The van der Waals surface area contributed by atoms with Gasteiger partial charge in [0, 0.05) is 19.0 Å². The Morgan fingerprint density at radius 3 is 3.17 bits per heavy atom. The third-order valence-corrected chi connectivity index (χ3v) is 1.26. The van der Waals surface area contributed by atoms with Gasteiger partial charge in [-0.15, -0.1) is 0 Å². The van der Waals surface area contributed by atoms with Crippen molar-refractivity contribution in [2.75, 3.05) is 13.2 Å². The van der Waals surface area contributed by atoms with Crippen molar-refractivity contribution in [2.45, 2.75) is 13.3 Å². The van der Waals surface area contributed by atoms with E-state index in [2.05, 4.69) is 4.99 Å². The number of carbonyl (C=O) groups is 1. The number of carbonyl (C=O) groups excluding carboxylic acids is 1. The predicted octanol–water partition coefficient (Wildman–Crippen LogP) is 0.882. The Morgan fingerprint density at radius 2 is 2.58 bits per heavy atom. The Labute approximate surface area is 70.9 Å². The first-order valence-electron chi connectivity index (χ1n) is 3.84. The van der Waals surface area contributed by atoms with Gasteiger partial charge in [0.15, 0.2) is 0 Å². The highest BCUT2D eigenvalue weighted by Gasteiger charge is 2.09. The minimum Gasteiger partial charge on any atom is -0.450 e. The van der Waals surface area contributed by atoms with Crippen LogP contribution in [0.1, 0.15) is 13.3 Å². The zero-order valence-corrected chi connectivity index (χ0v) is 6.95. The van der Waals surface area contributed by atoms with E-state index in [-0.39, 0.29) is 6.08 Å². The minimum absolute atomic E-state index is 0.0874. The molecule has 1 heterocycles. The number of hydrogen-bond donors (Lipinski definition) is 0. The molecule has 1 aliphatic rings. The van der Waals surface area contributed by atoms with Crippen molar-refractivity contribution in [3.63, 3.8) is 0 Å². The fourth-order valence-electron chi connectivity index (χ4n) is 0.758. The Morgan fingerprint density at radius 1 is 1.75 bits per heavy atom. The lowest BCUT2D eigenvalue weighted by atomic mass is 10.4. The highest BCUT2D eigenvalue weighted by atomic mass is 16.7. The van der Waals surface area contributed by atoms with E-state index in [0.717, 1.165) is 6.42 Å². The number of aliphatic imine (C=N–C) groups is 1. The van der Waals surface area contributed by atoms with Crippen LogP contribution in [0.25, 0.3) is 0 Å². The fraction of sp³-hybridized carbons (Fsp3) is 0.500. The van der Waals surface area contributed by atoms with Crippen LogP contribution in [0.2, 0.25) is 0 Å². The van der Waals surface area contributed by atoms with E-state index in [4.69, 9.17) is 9.47 Å². The first kappa shape index (κ1) is 8.77. The molecule has 0 aromatic heterocycles. The summed E-state index contributed by atoms with van der Waals surface area (Å²) in [5, 5.41) is 0. The quantitative estimate of drug-likeness (QED) is 0.432. The van der Waals surface area contributed by atoms with Crippen molar-refractivity contribution in [1.29, 1.82) is 0 Å². The average molecular weight is 169 g/mol. The number of rotatable bonds is 1. The molecule has 0 spiro atoms. The molecule has 0 saturated heterocycles. The van der Waals surface area contributed by atoms with Crippen molar-refractivity contribution in [3.8, 4) is 0 Å². The molecule has 0 aromatic rings. The van der Waals surface area contributed by atoms with Gasteiger partial charge in [-0.05, 0) is 6.92 Å². The van der Waals surface area contributed by atoms with Gasteiger partial charge in [0.2, 0.25) is 0 Å². The van der Waals surface area contributed by atoms with Crippen LogP contribution in [0, 0.1) is 0 Å². The van der Waals surface area contributed by atoms with E-state index in [1.54, 1.807) is 13.0 Å². The molecule has 0 saturated carbocycles. The van der Waals surface area contributed by atoms with Gasteiger partial charge in [-0.2, -0.15) is 0 Å². The summed E-state index contributed by atoms with van der Waals surface area (Å²) < 4.78 is 9.70. The van der Waals surface area contributed by atoms with Crippen molar-refractivity contribution >= 4 is 12.1 Å². The summed E-state index contributed by atoms with van der Waals surface area (Å²) in [6.45, 7) is 2.98. The van der Waals surface area contributed by atoms with Crippen molar-refractivity contribution < 1.29 is 14.3 Å². The van der Waals surface area contributed by atoms with Crippen LogP contribution in [-0.4, -0.2) is 25.2 Å². The van der Waals surface area contributed by atoms with Crippen LogP contribution in [-0.2, 0) is 14.3 Å². The lowest BCUT2D eigenvalue weighted by Gasteiger charge is -2.11. The standard InChI is InChI=1S/C8H11NO3/c1-2-4-7(10)12-8-9-5-3-6-11-8/h2,4H,3,5-6H2,1H3/b4-2+. The predicted molar refractivity (Wildman–Crippen MR) is 43.8 cm³/mol. The molecule has 0 aromatic carbocycles. The van der Waals surface area contributed by atoms with Gasteiger partial charge in [0.25, 0.3) is 0 Å². The van der Waals surface area contributed by atoms with Gasteiger partial charge in [0.05, 0.1) is 6.61 Å². The van der Waals surface area contributed by atoms with Gasteiger partial charge in [-0.25, -0.2) is 9.79 Å². The summed E-state index contributed by atoms with van der Waals surface area (Å²) in [6.07, 6.45) is 3.89. The number of allylic oxidation sites excluding steroid dienone is 1. The Kier molecular flexibility index (Phi) is 3.32. The van der Waals surface area contributed by atoms with Crippen LogP contribution in [0.4, 0.5) is 0 Å². The first-order valence-corrected chi connectivity index (χ1v) is 3.84. The maximum Gasteiger partial charge on any atom is 0.391 e. The molecule has 0 aliphatic carbocycles. The van der Waals surface area contributed by atoms with Crippen LogP contribution < -0.4 is 0 Å². The average Bonchev–Trinajstić information content (AvgIpc) is 2.06. The molecule has 0 amide bonds. The summed E-state index contributed by atoms with van der Waals surface area (Å²) in [4.78, 5) is 14.7. The van der Waals surface area contributed by atoms with Crippen molar-refractivity contribution in [3.05, 3.63) is 12.2 Å². The summed E-state index contributed by atoms with van der Waals surface area (Å²) in [5.74, 6) is -0.446. The number of nitrogens with zero attached hydrogens (tertiary/aromatic N) is 1. The zero-order chi connectivity index (χ0) is 8.81.